The number of aromatic amines is 1. The maximum Gasteiger partial charge on any atom is 0.228 e. The molecule has 2 aromatic rings. The Hall–Kier alpha value is -2.30. The molecule has 1 amide bonds. The third-order valence-electron chi connectivity index (χ3n) is 3.90. The van der Waals surface area contributed by atoms with Gasteiger partial charge in [-0.1, -0.05) is 0 Å². The zero-order valence-electron chi connectivity index (χ0n) is 13.7. The highest BCUT2D eigenvalue weighted by molar-refractivity contribution is 5.92. The normalized spacial score (nSPS) is 10.5. The minimum atomic E-state index is -0.0248. The van der Waals surface area contributed by atoms with Crippen molar-refractivity contribution in [3.05, 3.63) is 41.2 Å². The number of aromatic nitrogens is 2. The predicted octanol–water partition coefficient (Wildman–Crippen LogP) is 3.05. The molecule has 0 saturated heterocycles. The Morgan fingerprint density at radius 1 is 1.18 bits per heavy atom. The Balaban J connectivity index is 2.00. The molecule has 0 fully saturated rings. The van der Waals surface area contributed by atoms with Gasteiger partial charge in [0.05, 0.1) is 12.1 Å². The maximum absolute atomic E-state index is 12.2. The van der Waals surface area contributed by atoms with E-state index in [0.29, 0.717) is 6.42 Å². The van der Waals surface area contributed by atoms with E-state index < -0.39 is 0 Å². The summed E-state index contributed by atoms with van der Waals surface area (Å²) >= 11 is 0. The van der Waals surface area contributed by atoms with E-state index >= 15 is 0 Å². The summed E-state index contributed by atoms with van der Waals surface area (Å²) < 4.78 is 0. The molecule has 1 aromatic carbocycles. The predicted molar refractivity (Wildman–Crippen MR) is 90.4 cm³/mol. The molecule has 1 aromatic heterocycles. The number of hydrogen-bond acceptors (Lipinski definition) is 3. The van der Waals surface area contributed by atoms with Gasteiger partial charge in [-0.3, -0.25) is 9.89 Å². The Kier molecular flexibility index (Phi) is 5.20. The lowest BCUT2D eigenvalue weighted by molar-refractivity contribution is -0.115. The number of rotatable bonds is 6. The third kappa shape index (κ3) is 3.67. The monoisotopic (exact) mass is 300 g/mol. The zero-order chi connectivity index (χ0) is 16.1. The van der Waals surface area contributed by atoms with Gasteiger partial charge >= 0.3 is 0 Å². The van der Waals surface area contributed by atoms with Gasteiger partial charge in [0.1, 0.15) is 0 Å². The largest absolute Gasteiger partial charge is 0.372 e. The summed E-state index contributed by atoms with van der Waals surface area (Å²) in [4.78, 5) is 14.4. The Labute approximate surface area is 131 Å². The van der Waals surface area contributed by atoms with Gasteiger partial charge in [0.25, 0.3) is 0 Å². The lowest BCUT2D eigenvalue weighted by atomic mass is 10.1. The highest BCUT2D eigenvalue weighted by Gasteiger charge is 2.11. The second-order valence-corrected chi connectivity index (χ2v) is 5.36. The number of hydrogen-bond donors (Lipinski definition) is 2. The van der Waals surface area contributed by atoms with Crippen LogP contribution in [0.25, 0.3) is 0 Å². The van der Waals surface area contributed by atoms with Crippen LogP contribution < -0.4 is 10.2 Å². The minimum absolute atomic E-state index is 0.0248. The van der Waals surface area contributed by atoms with Crippen LogP contribution >= 0.6 is 0 Å². The molecule has 2 N–H and O–H groups in total. The van der Waals surface area contributed by atoms with Gasteiger partial charge in [0.15, 0.2) is 0 Å². The molecule has 118 valence electrons. The molecule has 0 aliphatic rings. The molecule has 1 heterocycles. The van der Waals surface area contributed by atoms with Crippen molar-refractivity contribution in [2.45, 2.75) is 34.1 Å². The highest BCUT2D eigenvalue weighted by Crippen LogP contribution is 2.18. The smallest absolute Gasteiger partial charge is 0.228 e. The molecule has 0 saturated carbocycles. The SMILES string of the molecule is CCN(CC)c1ccc(NC(=O)Cc2c(C)n[nH]c2C)cc1. The molecular formula is C17H24N4O. The average Bonchev–Trinajstić information content (AvgIpc) is 2.82. The standard InChI is InChI=1S/C17H24N4O/c1-5-21(6-2)15-9-7-14(8-10-15)18-17(22)11-16-12(3)19-20-13(16)4/h7-10H,5-6,11H2,1-4H3,(H,18,22)(H,19,20). The van der Waals surface area contributed by atoms with Crippen LogP contribution in [0, 0.1) is 13.8 Å². The fourth-order valence-corrected chi connectivity index (χ4v) is 2.54. The lowest BCUT2D eigenvalue weighted by Gasteiger charge is -2.21. The zero-order valence-corrected chi connectivity index (χ0v) is 13.7. The highest BCUT2D eigenvalue weighted by atomic mass is 16.1. The van der Waals surface area contributed by atoms with Gasteiger partial charge in [-0.05, 0) is 52.0 Å². The molecule has 5 heteroatoms. The van der Waals surface area contributed by atoms with Crippen molar-refractivity contribution in [1.82, 2.24) is 10.2 Å². The van der Waals surface area contributed by atoms with Gasteiger partial charge < -0.3 is 10.2 Å². The van der Waals surface area contributed by atoms with E-state index in [2.05, 4.69) is 34.3 Å². The van der Waals surface area contributed by atoms with Gasteiger partial charge in [-0.15, -0.1) is 0 Å². The third-order valence-corrected chi connectivity index (χ3v) is 3.90. The fourth-order valence-electron chi connectivity index (χ4n) is 2.54. The first-order chi connectivity index (χ1) is 10.5. The van der Waals surface area contributed by atoms with Gasteiger partial charge in [0, 0.05) is 35.7 Å². The summed E-state index contributed by atoms with van der Waals surface area (Å²) in [7, 11) is 0. The first kappa shape index (κ1) is 16.1. The van der Waals surface area contributed by atoms with Crippen LogP contribution in [0.3, 0.4) is 0 Å². The summed E-state index contributed by atoms with van der Waals surface area (Å²) in [6.07, 6.45) is 0.339. The maximum atomic E-state index is 12.2. The van der Waals surface area contributed by atoms with Crippen molar-refractivity contribution in [2.75, 3.05) is 23.3 Å². The van der Waals surface area contributed by atoms with E-state index in [9.17, 15) is 4.79 Å². The number of aryl methyl sites for hydroxylation is 2. The number of benzene rings is 1. The molecule has 0 bridgehead atoms. The van der Waals surface area contributed by atoms with Crippen LogP contribution in [0.5, 0.6) is 0 Å². The van der Waals surface area contributed by atoms with E-state index in [1.807, 2.05) is 38.1 Å². The summed E-state index contributed by atoms with van der Waals surface area (Å²) in [6, 6.07) is 7.97. The van der Waals surface area contributed by atoms with Crippen molar-refractivity contribution in [1.29, 1.82) is 0 Å². The van der Waals surface area contributed by atoms with Crippen LogP contribution in [0.2, 0.25) is 0 Å². The molecule has 0 unspecified atom stereocenters. The van der Waals surface area contributed by atoms with Crippen LogP contribution in [-0.2, 0) is 11.2 Å². The number of amides is 1. The molecule has 0 radical (unpaired) electrons. The second-order valence-electron chi connectivity index (χ2n) is 5.36. The van der Waals surface area contributed by atoms with E-state index in [1.165, 1.54) is 5.69 Å². The van der Waals surface area contributed by atoms with Crippen LogP contribution in [-0.4, -0.2) is 29.2 Å². The molecule has 0 atom stereocenters. The Morgan fingerprint density at radius 2 is 1.82 bits per heavy atom. The van der Waals surface area contributed by atoms with E-state index in [0.717, 1.165) is 35.7 Å². The number of carbonyl (C=O) groups is 1. The summed E-state index contributed by atoms with van der Waals surface area (Å²) in [5.41, 5.74) is 4.79. The van der Waals surface area contributed by atoms with Crippen molar-refractivity contribution in [3.8, 4) is 0 Å². The molecule has 0 spiro atoms. The van der Waals surface area contributed by atoms with E-state index in [1.54, 1.807) is 0 Å². The summed E-state index contributed by atoms with van der Waals surface area (Å²) in [5.74, 6) is -0.0248. The van der Waals surface area contributed by atoms with E-state index in [-0.39, 0.29) is 5.91 Å². The molecule has 0 aliphatic carbocycles. The van der Waals surface area contributed by atoms with Crippen LogP contribution in [0.4, 0.5) is 11.4 Å². The average molecular weight is 300 g/mol. The number of nitrogens with zero attached hydrogens (tertiary/aromatic N) is 2. The molecular weight excluding hydrogens is 276 g/mol. The summed E-state index contributed by atoms with van der Waals surface area (Å²) in [6.45, 7) is 10.1. The van der Waals surface area contributed by atoms with Crippen molar-refractivity contribution in [2.24, 2.45) is 0 Å². The second kappa shape index (κ2) is 7.11. The van der Waals surface area contributed by atoms with Crippen molar-refractivity contribution in [3.63, 3.8) is 0 Å². The molecule has 0 aliphatic heterocycles. The quantitative estimate of drug-likeness (QED) is 0.862. The first-order valence-corrected chi connectivity index (χ1v) is 7.70. The van der Waals surface area contributed by atoms with Crippen LogP contribution in [0.1, 0.15) is 30.8 Å². The first-order valence-electron chi connectivity index (χ1n) is 7.70. The molecule has 5 nitrogen and oxygen atoms in total. The van der Waals surface area contributed by atoms with Gasteiger partial charge in [-0.2, -0.15) is 5.10 Å². The van der Waals surface area contributed by atoms with E-state index in [4.69, 9.17) is 0 Å². The Bertz CT molecular complexity index is 607. The topological polar surface area (TPSA) is 61.0 Å². The van der Waals surface area contributed by atoms with Crippen molar-refractivity contribution < 1.29 is 4.79 Å². The minimum Gasteiger partial charge on any atom is -0.372 e. The lowest BCUT2D eigenvalue weighted by Crippen LogP contribution is -2.21. The Morgan fingerprint density at radius 3 is 2.32 bits per heavy atom. The fraction of sp³-hybridized carbons (Fsp3) is 0.412. The van der Waals surface area contributed by atoms with Gasteiger partial charge in [0.2, 0.25) is 5.91 Å². The number of H-pyrrole nitrogens is 1. The number of anilines is 2. The molecule has 22 heavy (non-hydrogen) atoms. The summed E-state index contributed by atoms with van der Waals surface area (Å²) in [5, 5.41) is 9.96. The van der Waals surface area contributed by atoms with Crippen molar-refractivity contribution >= 4 is 17.3 Å². The number of carbonyl (C=O) groups excluding carboxylic acids is 1. The van der Waals surface area contributed by atoms with Gasteiger partial charge in [-0.25, -0.2) is 0 Å². The van der Waals surface area contributed by atoms with Crippen LogP contribution in [0.15, 0.2) is 24.3 Å². The molecule has 2 rings (SSSR count). The number of nitrogens with one attached hydrogen (secondary N) is 2.